The van der Waals surface area contributed by atoms with Crippen LogP contribution in [0.1, 0.15) is 122 Å². The molecule has 0 aliphatic rings. The van der Waals surface area contributed by atoms with Crippen LogP contribution < -0.4 is 11.1 Å². The number of hydrogen-bond acceptors (Lipinski definition) is 6. The summed E-state index contributed by atoms with van der Waals surface area (Å²) in [6, 6.07) is 2.09. The van der Waals surface area contributed by atoms with Crippen LogP contribution in [0.5, 0.6) is 0 Å². The van der Waals surface area contributed by atoms with E-state index in [1.807, 2.05) is 5.38 Å². The van der Waals surface area contributed by atoms with Gasteiger partial charge in [-0.1, -0.05) is 117 Å². The predicted molar refractivity (Wildman–Crippen MR) is 187 cm³/mol. The Morgan fingerprint density at radius 2 is 1.20 bits per heavy atom. The number of rotatable bonds is 18. The van der Waals surface area contributed by atoms with Gasteiger partial charge in [0.15, 0.2) is 0 Å². The minimum Gasteiger partial charge on any atom is -0.288 e. The highest BCUT2D eigenvalue weighted by Gasteiger charge is 2.21. The Morgan fingerprint density at radius 3 is 1.83 bits per heavy atom. The maximum absolute atomic E-state index is 13.3. The molecule has 0 aliphatic carbocycles. The highest BCUT2D eigenvalue weighted by Crippen LogP contribution is 2.45. The van der Waals surface area contributed by atoms with Gasteiger partial charge < -0.3 is 0 Å². The molecule has 7 heteroatoms. The first-order valence-electron chi connectivity index (χ1n) is 16.0. The lowest BCUT2D eigenvalue weighted by atomic mass is 9.89. The second-order valence-corrected chi connectivity index (χ2v) is 15.7. The van der Waals surface area contributed by atoms with E-state index in [9.17, 15) is 9.59 Å². The zero-order valence-electron chi connectivity index (χ0n) is 24.8. The largest absolute Gasteiger partial charge is 0.288 e. The molecule has 1 unspecified atom stereocenters. The fourth-order valence-corrected chi connectivity index (χ4v) is 11.4. The topological polar surface area (TPSA) is 49.9 Å². The summed E-state index contributed by atoms with van der Waals surface area (Å²) in [4.78, 5) is 29.0. The second-order valence-electron chi connectivity index (χ2n) is 11.8. The fraction of sp³-hybridized carbons (Fsp3) is 0.588. The monoisotopic (exact) mass is 627 g/mol. The molecule has 0 bridgehead atoms. The van der Waals surface area contributed by atoms with Crippen molar-refractivity contribution in [3.05, 3.63) is 43.1 Å². The van der Waals surface area contributed by atoms with E-state index in [1.165, 1.54) is 113 Å². The maximum atomic E-state index is 13.3. The molecule has 0 fully saturated rings. The third kappa shape index (κ3) is 7.34. The lowest BCUT2D eigenvalue weighted by Gasteiger charge is -2.17. The molecule has 0 spiro atoms. The van der Waals surface area contributed by atoms with Crippen molar-refractivity contribution in [2.24, 2.45) is 5.92 Å². The molecule has 222 valence electrons. The third-order valence-electron chi connectivity index (χ3n) is 8.60. The first-order valence-corrected chi connectivity index (χ1v) is 19.4. The van der Waals surface area contributed by atoms with Crippen LogP contribution in [0.15, 0.2) is 26.4 Å². The van der Waals surface area contributed by atoms with Crippen LogP contribution >= 0.6 is 45.3 Å². The van der Waals surface area contributed by atoms with E-state index in [-0.39, 0.29) is 11.1 Å². The average Bonchev–Trinajstić information content (AvgIpc) is 3.71. The van der Waals surface area contributed by atoms with Gasteiger partial charge in [0.1, 0.15) is 0 Å². The van der Waals surface area contributed by atoms with Gasteiger partial charge in [-0.3, -0.25) is 14.6 Å². The van der Waals surface area contributed by atoms with Crippen molar-refractivity contribution in [1.82, 2.24) is 4.98 Å². The normalized spacial score (nSPS) is 12.9. The number of aromatic nitrogens is 1. The van der Waals surface area contributed by atoms with Crippen LogP contribution in [0, 0.1) is 5.92 Å². The van der Waals surface area contributed by atoms with Crippen molar-refractivity contribution in [3.8, 4) is 0 Å². The van der Waals surface area contributed by atoms with Crippen molar-refractivity contribution in [2.75, 3.05) is 0 Å². The van der Waals surface area contributed by atoms with Crippen molar-refractivity contribution in [1.29, 1.82) is 0 Å². The average molecular weight is 628 g/mol. The van der Waals surface area contributed by atoms with Crippen molar-refractivity contribution < 1.29 is 0 Å². The zero-order valence-corrected chi connectivity index (χ0v) is 28.0. The molecule has 0 aliphatic heterocycles. The minimum absolute atomic E-state index is 0.236. The van der Waals surface area contributed by atoms with Gasteiger partial charge in [0.25, 0.3) is 11.1 Å². The van der Waals surface area contributed by atoms with Crippen LogP contribution in [-0.2, 0) is 6.42 Å². The molecular formula is C34H45NO2S4. The number of H-pyrrole nitrogens is 1. The van der Waals surface area contributed by atoms with E-state index in [4.69, 9.17) is 0 Å². The van der Waals surface area contributed by atoms with Crippen LogP contribution in [0.25, 0.3) is 39.0 Å². The second kappa shape index (κ2) is 15.3. The lowest BCUT2D eigenvalue weighted by molar-refractivity contribution is 0.401. The standard InChI is InChI=1S/C34H45NO2S4/c1-3-5-7-9-11-12-14-16-18-23(17-15-13-10-8-6-4-2)21-24-22-39-30-27-32(41-28(24)30)31-26(33(36)35-34(27)37)29-25(40-31)19-20-38-29/h19-20,22-23H,3-18,21H2,1-2H3,(H,35,36,37). The highest BCUT2D eigenvalue weighted by molar-refractivity contribution is 7.38. The summed E-state index contributed by atoms with van der Waals surface area (Å²) in [6.45, 7) is 4.57. The molecule has 0 aromatic carbocycles. The number of thiophene rings is 4. The van der Waals surface area contributed by atoms with Crippen LogP contribution in [0.2, 0.25) is 0 Å². The Labute approximate surface area is 260 Å². The molecule has 0 amide bonds. The van der Waals surface area contributed by atoms with E-state index >= 15 is 0 Å². The van der Waals surface area contributed by atoms with Gasteiger partial charge in [0.05, 0.1) is 29.6 Å². The summed E-state index contributed by atoms with van der Waals surface area (Å²) < 4.78 is 6.46. The highest BCUT2D eigenvalue weighted by atomic mass is 32.1. The number of aromatic amines is 1. The van der Waals surface area contributed by atoms with Crippen LogP contribution in [-0.4, -0.2) is 4.98 Å². The summed E-state index contributed by atoms with van der Waals surface area (Å²) in [5, 5.41) is 5.75. The molecule has 0 saturated heterocycles. The summed E-state index contributed by atoms with van der Waals surface area (Å²) >= 11 is 6.70. The first kappa shape index (κ1) is 30.9. The van der Waals surface area contributed by atoms with Gasteiger partial charge in [-0.15, -0.1) is 45.3 Å². The molecule has 5 rings (SSSR count). The van der Waals surface area contributed by atoms with Crippen molar-refractivity contribution in [2.45, 2.75) is 123 Å². The Kier molecular flexibility index (Phi) is 11.5. The Hall–Kier alpha value is -1.54. The smallest absolute Gasteiger partial charge is 0.261 e. The summed E-state index contributed by atoms with van der Waals surface area (Å²) in [6.07, 6.45) is 22.8. The maximum Gasteiger partial charge on any atom is 0.261 e. The molecule has 5 aromatic rings. The van der Waals surface area contributed by atoms with Crippen molar-refractivity contribution in [3.63, 3.8) is 0 Å². The molecule has 5 heterocycles. The predicted octanol–water partition coefficient (Wildman–Crippen LogP) is 12.0. The molecule has 41 heavy (non-hydrogen) atoms. The van der Waals surface area contributed by atoms with E-state index in [2.05, 4.69) is 30.3 Å². The Bertz CT molecular complexity index is 1670. The number of fused-ring (bicyclic) bond motifs is 7. The van der Waals surface area contributed by atoms with E-state index in [0.29, 0.717) is 11.3 Å². The quantitative estimate of drug-likeness (QED) is 0.0983. The fourth-order valence-electron chi connectivity index (χ4n) is 6.29. The lowest BCUT2D eigenvalue weighted by Crippen LogP contribution is -2.13. The Morgan fingerprint density at radius 1 is 0.634 bits per heavy atom. The third-order valence-corrected chi connectivity index (χ3v) is 13.4. The number of unbranched alkanes of at least 4 members (excludes halogenated alkanes) is 12. The van der Waals surface area contributed by atoms with Gasteiger partial charge in [0, 0.05) is 9.40 Å². The van der Waals surface area contributed by atoms with Gasteiger partial charge >= 0.3 is 0 Å². The summed E-state index contributed by atoms with van der Waals surface area (Å²) in [7, 11) is 0. The summed E-state index contributed by atoms with van der Waals surface area (Å²) in [5.74, 6) is 0.707. The summed E-state index contributed by atoms with van der Waals surface area (Å²) in [5.41, 5.74) is 0.925. The minimum atomic E-state index is -0.253. The zero-order chi connectivity index (χ0) is 28.6. The number of hydrogen-bond donors (Lipinski definition) is 1. The van der Waals surface area contributed by atoms with Crippen molar-refractivity contribution >= 4 is 84.3 Å². The molecule has 1 N–H and O–H groups in total. The SMILES string of the molecule is CCCCCCCCCCC(CCCCCCCC)Cc1csc2c1sc1c3sc4ccsc4c3c(=O)[nH]c(=O)c21. The van der Waals surface area contributed by atoms with Gasteiger partial charge in [-0.05, 0) is 34.7 Å². The molecule has 5 aromatic heterocycles. The number of nitrogens with one attached hydrogen (secondary N) is 1. The van der Waals surface area contributed by atoms with Gasteiger partial charge in [0.2, 0.25) is 0 Å². The molecule has 0 saturated carbocycles. The van der Waals surface area contributed by atoms with E-state index < -0.39 is 0 Å². The molecule has 3 nitrogen and oxygen atoms in total. The molecule has 0 radical (unpaired) electrons. The van der Waals surface area contributed by atoms with Crippen LogP contribution in [0.3, 0.4) is 0 Å². The Balaban J connectivity index is 1.35. The first-order chi connectivity index (χ1) is 20.1. The van der Waals surface area contributed by atoms with Crippen LogP contribution in [0.4, 0.5) is 0 Å². The van der Waals surface area contributed by atoms with E-state index in [1.54, 1.807) is 45.3 Å². The molecular weight excluding hydrogens is 583 g/mol. The molecule has 1 atom stereocenters. The van der Waals surface area contributed by atoms with E-state index in [0.717, 1.165) is 35.3 Å². The van der Waals surface area contributed by atoms with Gasteiger partial charge in [-0.25, -0.2) is 0 Å². The van der Waals surface area contributed by atoms with Gasteiger partial charge in [-0.2, -0.15) is 0 Å².